The molecule has 2 N–H and O–H groups in total. The van der Waals surface area contributed by atoms with Crippen LogP contribution in [-0.4, -0.2) is 31.1 Å². The second kappa shape index (κ2) is 6.38. The van der Waals surface area contributed by atoms with Gasteiger partial charge in [-0.05, 0) is 69.5 Å². The SMILES string of the molecule is CN(CCCC(C)(C)CN)C1CCC(C)(C)CC1. The lowest BCUT2D eigenvalue weighted by atomic mass is 9.75. The lowest BCUT2D eigenvalue weighted by Crippen LogP contribution is -2.38. The van der Waals surface area contributed by atoms with E-state index in [2.05, 4.69) is 39.6 Å². The van der Waals surface area contributed by atoms with Crippen LogP contribution in [0.3, 0.4) is 0 Å². The molecule has 1 aliphatic carbocycles. The van der Waals surface area contributed by atoms with Crippen LogP contribution in [0.25, 0.3) is 0 Å². The molecule has 0 atom stereocenters. The zero-order valence-corrected chi connectivity index (χ0v) is 13.3. The second-order valence-electron chi connectivity index (χ2n) is 7.85. The molecule has 2 heteroatoms. The molecule has 0 unspecified atom stereocenters. The van der Waals surface area contributed by atoms with E-state index < -0.39 is 0 Å². The average Bonchev–Trinajstić information content (AvgIpc) is 2.28. The minimum atomic E-state index is 0.315. The summed E-state index contributed by atoms with van der Waals surface area (Å²) in [5, 5.41) is 0. The van der Waals surface area contributed by atoms with Crippen molar-refractivity contribution >= 4 is 0 Å². The van der Waals surface area contributed by atoms with Gasteiger partial charge in [-0.2, -0.15) is 0 Å². The highest BCUT2D eigenvalue weighted by atomic mass is 15.1. The van der Waals surface area contributed by atoms with Gasteiger partial charge in [0.25, 0.3) is 0 Å². The van der Waals surface area contributed by atoms with Gasteiger partial charge in [0.2, 0.25) is 0 Å². The summed E-state index contributed by atoms with van der Waals surface area (Å²) in [5.41, 5.74) is 6.68. The monoisotopic (exact) mass is 254 g/mol. The number of nitrogens with two attached hydrogens (primary N) is 1. The van der Waals surface area contributed by atoms with Gasteiger partial charge in [-0.25, -0.2) is 0 Å². The largest absolute Gasteiger partial charge is 0.330 e. The van der Waals surface area contributed by atoms with Crippen molar-refractivity contribution in [3.63, 3.8) is 0 Å². The van der Waals surface area contributed by atoms with Gasteiger partial charge in [0.15, 0.2) is 0 Å². The summed E-state index contributed by atoms with van der Waals surface area (Å²) in [6, 6.07) is 0.819. The van der Waals surface area contributed by atoms with E-state index in [4.69, 9.17) is 5.73 Å². The fourth-order valence-electron chi connectivity index (χ4n) is 2.92. The second-order valence-corrected chi connectivity index (χ2v) is 7.85. The maximum absolute atomic E-state index is 5.78. The average molecular weight is 254 g/mol. The first-order valence-corrected chi connectivity index (χ1v) is 7.66. The molecule has 18 heavy (non-hydrogen) atoms. The highest BCUT2D eigenvalue weighted by Crippen LogP contribution is 2.36. The summed E-state index contributed by atoms with van der Waals surface area (Å²) in [4.78, 5) is 2.59. The molecule has 1 aliphatic rings. The molecule has 0 aliphatic heterocycles. The summed E-state index contributed by atoms with van der Waals surface area (Å²) in [7, 11) is 2.30. The van der Waals surface area contributed by atoms with E-state index in [0.29, 0.717) is 10.8 Å². The molecule has 1 rings (SSSR count). The molecule has 0 spiro atoms. The highest BCUT2D eigenvalue weighted by molar-refractivity contribution is 4.83. The van der Waals surface area contributed by atoms with Crippen LogP contribution in [-0.2, 0) is 0 Å². The molecule has 0 bridgehead atoms. The Morgan fingerprint density at radius 1 is 1.22 bits per heavy atom. The van der Waals surface area contributed by atoms with Crippen LogP contribution in [0.1, 0.15) is 66.2 Å². The van der Waals surface area contributed by atoms with Crippen LogP contribution < -0.4 is 5.73 Å². The Labute approximate surface area is 114 Å². The van der Waals surface area contributed by atoms with E-state index in [1.807, 2.05) is 0 Å². The minimum absolute atomic E-state index is 0.315. The van der Waals surface area contributed by atoms with Crippen LogP contribution in [0.2, 0.25) is 0 Å². The van der Waals surface area contributed by atoms with Crippen molar-refractivity contribution in [3.05, 3.63) is 0 Å². The van der Waals surface area contributed by atoms with Gasteiger partial charge in [0.05, 0.1) is 0 Å². The first-order chi connectivity index (χ1) is 8.26. The van der Waals surface area contributed by atoms with Crippen LogP contribution in [0.5, 0.6) is 0 Å². The summed E-state index contributed by atoms with van der Waals surface area (Å²) >= 11 is 0. The van der Waals surface area contributed by atoms with Crippen molar-refractivity contribution in [1.29, 1.82) is 0 Å². The first kappa shape index (κ1) is 16.0. The van der Waals surface area contributed by atoms with Gasteiger partial charge < -0.3 is 10.6 Å². The van der Waals surface area contributed by atoms with E-state index in [0.717, 1.165) is 12.6 Å². The molecule has 0 heterocycles. The lowest BCUT2D eigenvalue weighted by molar-refractivity contribution is 0.123. The Kier molecular flexibility index (Phi) is 5.67. The number of hydrogen-bond acceptors (Lipinski definition) is 2. The van der Waals surface area contributed by atoms with Gasteiger partial charge >= 0.3 is 0 Å². The van der Waals surface area contributed by atoms with Gasteiger partial charge in [-0.15, -0.1) is 0 Å². The van der Waals surface area contributed by atoms with E-state index in [1.165, 1.54) is 45.1 Å². The van der Waals surface area contributed by atoms with Crippen molar-refractivity contribution in [2.24, 2.45) is 16.6 Å². The third kappa shape index (κ3) is 5.27. The molecule has 0 aromatic heterocycles. The molecular weight excluding hydrogens is 220 g/mol. The number of rotatable bonds is 6. The maximum Gasteiger partial charge on any atom is 0.00926 e. The maximum atomic E-state index is 5.78. The first-order valence-electron chi connectivity index (χ1n) is 7.66. The predicted octanol–water partition coefficient (Wildman–Crippen LogP) is 3.65. The Morgan fingerprint density at radius 3 is 2.28 bits per heavy atom. The highest BCUT2D eigenvalue weighted by Gasteiger charge is 2.28. The Balaban J connectivity index is 2.24. The van der Waals surface area contributed by atoms with Crippen molar-refractivity contribution < 1.29 is 0 Å². The van der Waals surface area contributed by atoms with Crippen molar-refractivity contribution in [1.82, 2.24) is 4.90 Å². The van der Waals surface area contributed by atoms with Crippen LogP contribution in [0, 0.1) is 10.8 Å². The quantitative estimate of drug-likeness (QED) is 0.784. The fourth-order valence-corrected chi connectivity index (χ4v) is 2.92. The summed E-state index contributed by atoms with van der Waals surface area (Å²) in [5.74, 6) is 0. The third-order valence-electron chi connectivity index (χ3n) is 4.85. The van der Waals surface area contributed by atoms with Gasteiger partial charge in [0.1, 0.15) is 0 Å². The zero-order valence-electron chi connectivity index (χ0n) is 13.3. The van der Waals surface area contributed by atoms with Gasteiger partial charge in [-0.1, -0.05) is 27.7 Å². The van der Waals surface area contributed by atoms with E-state index in [-0.39, 0.29) is 0 Å². The molecule has 0 aromatic carbocycles. The van der Waals surface area contributed by atoms with E-state index in [1.54, 1.807) is 0 Å². The van der Waals surface area contributed by atoms with Crippen molar-refractivity contribution in [2.75, 3.05) is 20.1 Å². The summed E-state index contributed by atoms with van der Waals surface area (Å²) < 4.78 is 0. The van der Waals surface area contributed by atoms with E-state index >= 15 is 0 Å². The molecule has 2 nitrogen and oxygen atoms in total. The molecule has 0 saturated heterocycles. The van der Waals surface area contributed by atoms with Gasteiger partial charge in [-0.3, -0.25) is 0 Å². The fraction of sp³-hybridized carbons (Fsp3) is 1.00. The normalized spacial score (nSPS) is 21.5. The molecule has 0 radical (unpaired) electrons. The summed E-state index contributed by atoms with van der Waals surface area (Å²) in [6.07, 6.45) is 8.05. The minimum Gasteiger partial charge on any atom is -0.330 e. The topological polar surface area (TPSA) is 29.3 Å². The predicted molar refractivity (Wildman–Crippen MR) is 80.7 cm³/mol. The molecular formula is C16H34N2. The molecule has 1 saturated carbocycles. The van der Waals surface area contributed by atoms with Crippen LogP contribution in [0.4, 0.5) is 0 Å². The summed E-state index contributed by atoms with van der Waals surface area (Å²) in [6.45, 7) is 11.4. The Bertz CT molecular complexity index is 235. The number of hydrogen-bond donors (Lipinski definition) is 1. The standard InChI is InChI=1S/C16H34N2/c1-15(2)10-7-14(8-11-15)18(5)12-6-9-16(3,4)13-17/h14H,6-13,17H2,1-5H3. The molecule has 1 fully saturated rings. The van der Waals surface area contributed by atoms with Crippen molar-refractivity contribution in [3.8, 4) is 0 Å². The van der Waals surface area contributed by atoms with E-state index in [9.17, 15) is 0 Å². The smallest absolute Gasteiger partial charge is 0.00926 e. The van der Waals surface area contributed by atoms with Gasteiger partial charge in [0, 0.05) is 6.04 Å². The lowest BCUT2D eigenvalue weighted by Gasteiger charge is -2.39. The Hall–Kier alpha value is -0.0800. The molecule has 0 amide bonds. The zero-order chi connectivity index (χ0) is 13.8. The third-order valence-corrected chi connectivity index (χ3v) is 4.85. The van der Waals surface area contributed by atoms with Crippen molar-refractivity contribution in [2.45, 2.75) is 72.3 Å². The molecule has 108 valence electrons. The molecule has 0 aromatic rings. The number of nitrogens with zero attached hydrogens (tertiary/aromatic N) is 1. The van der Waals surface area contributed by atoms with Crippen LogP contribution in [0.15, 0.2) is 0 Å². The van der Waals surface area contributed by atoms with Crippen LogP contribution >= 0.6 is 0 Å². The Morgan fingerprint density at radius 2 is 1.78 bits per heavy atom.